The predicted octanol–water partition coefficient (Wildman–Crippen LogP) is 3.38. The van der Waals surface area contributed by atoms with E-state index in [9.17, 15) is 13.6 Å². The van der Waals surface area contributed by atoms with Crippen LogP contribution in [0.15, 0.2) is 6.20 Å². The zero-order chi connectivity index (χ0) is 10.7. The summed E-state index contributed by atoms with van der Waals surface area (Å²) in [6.07, 6.45) is -1.11. The number of carbonyl (C=O) groups is 1. The molecule has 0 aliphatic heterocycles. The van der Waals surface area contributed by atoms with E-state index < -0.39 is 12.1 Å². The molecule has 0 unspecified atom stereocenters. The van der Waals surface area contributed by atoms with Crippen molar-refractivity contribution in [2.75, 3.05) is 0 Å². The van der Waals surface area contributed by atoms with Crippen LogP contribution in [0.5, 0.6) is 0 Å². The Labute approximate surface area is 92.4 Å². The lowest BCUT2D eigenvalue weighted by Crippen LogP contribution is -1.99. The van der Waals surface area contributed by atoms with Gasteiger partial charge in [0.05, 0.1) is 5.02 Å². The molecule has 0 saturated carbocycles. The first-order valence-corrected chi connectivity index (χ1v) is 5.08. The molecule has 0 atom stereocenters. The maximum Gasteiger partial charge on any atom is 0.281 e. The van der Waals surface area contributed by atoms with Crippen LogP contribution in [-0.4, -0.2) is 11.3 Å². The Morgan fingerprint density at radius 1 is 1.64 bits per heavy atom. The number of alkyl halides is 3. The van der Waals surface area contributed by atoms with Gasteiger partial charge in [-0.2, -0.15) is 0 Å². The largest absolute Gasteiger partial charge is 0.298 e. The number of hydrogen-bond donors (Lipinski definition) is 0. The maximum absolute atomic E-state index is 12.3. The Kier molecular flexibility index (Phi) is 3.95. The molecule has 1 heterocycles. The molecule has 0 N–H and O–H groups in total. The molecular weight excluding hydrogens is 279 g/mol. The van der Waals surface area contributed by atoms with Crippen LogP contribution in [0.2, 0.25) is 5.02 Å². The van der Waals surface area contributed by atoms with Crippen LogP contribution in [0.4, 0.5) is 8.78 Å². The SMILES string of the molecule is O=Cc1c(CBr)cnc(C(F)F)c1Cl. The smallest absolute Gasteiger partial charge is 0.281 e. The van der Waals surface area contributed by atoms with E-state index in [0.29, 0.717) is 17.2 Å². The second kappa shape index (κ2) is 4.79. The van der Waals surface area contributed by atoms with Gasteiger partial charge in [-0.05, 0) is 5.56 Å². The number of nitrogens with zero attached hydrogens (tertiary/aromatic N) is 1. The molecule has 6 heteroatoms. The minimum Gasteiger partial charge on any atom is -0.298 e. The van der Waals surface area contributed by atoms with Crippen molar-refractivity contribution in [2.45, 2.75) is 11.8 Å². The molecule has 14 heavy (non-hydrogen) atoms. The summed E-state index contributed by atoms with van der Waals surface area (Å²) in [6.45, 7) is 0. The van der Waals surface area contributed by atoms with Crippen molar-refractivity contribution in [1.29, 1.82) is 0 Å². The number of carbonyl (C=O) groups excluding carboxylic acids is 1. The summed E-state index contributed by atoms with van der Waals surface area (Å²) >= 11 is 8.69. The number of halogens is 4. The van der Waals surface area contributed by atoms with Gasteiger partial charge in [0.25, 0.3) is 6.43 Å². The second-order valence-electron chi connectivity index (χ2n) is 2.45. The molecular formula is C8H5BrClF2NO. The minimum absolute atomic E-state index is 0.0637. The summed E-state index contributed by atoms with van der Waals surface area (Å²) in [4.78, 5) is 14.1. The Morgan fingerprint density at radius 2 is 2.29 bits per heavy atom. The van der Waals surface area contributed by atoms with Gasteiger partial charge in [-0.1, -0.05) is 27.5 Å². The predicted molar refractivity (Wildman–Crippen MR) is 52.2 cm³/mol. The standard InChI is InChI=1S/C8H5BrClF2NO/c9-1-4-2-13-7(8(11)12)6(10)5(4)3-14/h2-3,8H,1H2. The molecule has 0 bridgehead atoms. The average molecular weight is 284 g/mol. The van der Waals surface area contributed by atoms with Crippen LogP contribution >= 0.6 is 27.5 Å². The molecule has 2 nitrogen and oxygen atoms in total. The zero-order valence-corrected chi connectivity index (χ0v) is 9.15. The highest BCUT2D eigenvalue weighted by Gasteiger charge is 2.18. The Morgan fingerprint density at radius 3 is 2.71 bits per heavy atom. The van der Waals surface area contributed by atoms with Crippen molar-refractivity contribution in [3.05, 3.63) is 28.0 Å². The normalized spacial score (nSPS) is 10.6. The van der Waals surface area contributed by atoms with Crippen molar-refractivity contribution in [3.63, 3.8) is 0 Å². The monoisotopic (exact) mass is 283 g/mol. The van der Waals surface area contributed by atoms with E-state index in [2.05, 4.69) is 20.9 Å². The summed E-state index contributed by atoms with van der Waals surface area (Å²) in [5, 5.41) is 0.0732. The summed E-state index contributed by atoms with van der Waals surface area (Å²) in [7, 11) is 0. The third-order valence-corrected chi connectivity index (χ3v) is 2.64. The topological polar surface area (TPSA) is 30.0 Å². The minimum atomic E-state index is -2.77. The lowest BCUT2D eigenvalue weighted by Gasteiger charge is -2.07. The highest BCUT2D eigenvalue weighted by molar-refractivity contribution is 9.08. The summed E-state index contributed by atoms with van der Waals surface area (Å²) in [5.41, 5.74) is 0.00158. The molecule has 1 rings (SSSR count). The Balaban J connectivity index is 3.34. The van der Waals surface area contributed by atoms with Crippen molar-refractivity contribution in [1.82, 2.24) is 4.98 Å². The Hall–Kier alpha value is -0.550. The van der Waals surface area contributed by atoms with Gasteiger partial charge < -0.3 is 0 Å². The van der Waals surface area contributed by atoms with Crippen molar-refractivity contribution in [3.8, 4) is 0 Å². The fourth-order valence-electron chi connectivity index (χ4n) is 0.939. The third-order valence-electron chi connectivity index (χ3n) is 1.64. The van der Waals surface area contributed by atoms with Gasteiger partial charge in [0.15, 0.2) is 6.29 Å². The van der Waals surface area contributed by atoms with Crippen LogP contribution in [0.1, 0.15) is 28.0 Å². The molecule has 1 aromatic heterocycles. The molecule has 0 spiro atoms. The first-order chi connectivity index (χ1) is 6.61. The van der Waals surface area contributed by atoms with Gasteiger partial charge in [0.1, 0.15) is 5.69 Å². The highest BCUT2D eigenvalue weighted by Crippen LogP contribution is 2.29. The van der Waals surface area contributed by atoms with Gasteiger partial charge in [-0.25, -0.2) is 8.78 Å². The van der Waals surface area contributed by atoms with Gasteiger partial charge in [-0.15, -0.1) is 0 Å². The molecule has 1 aromatic rings. The number of aldehydes is 1. The first-order valence-electron chi connectivity index (χ1n) is 3.58. The van der Waals surface area contributed by atoms with Crippen molar-refractivity contribution < 1.29 is 13.6 Å². The van der Waals surface area contributed by atoms with Crippen LogP contribution in [0, 0.1) is 0 Å². The third kappa shape index (κ3) is 2.09. The van der Waals surface area contributed by atoms with Crippen LogP contribution in [-0.2, 0) is 5.33 Å². The molecule has 0 radical (unpaired) electrons. The van der Waals surface area contributed by atoms with Crippen LogP contribution in [0.25, 0.3) is 0 Å². The second-order valence-corrected chi connectivity index (χ2v) is 3.39. The molecule has 76 valence electrons. The van der Waals surface area contributed by atoms with E-state index in [1.165, 1.54) is 6.20 Å². The van der Waals surface area contributed by atoms with Gasteiger partial charge in [0.2, 0.25) is 0 Å². The quantitative estimate of drug-likeness (QED) is 0.629. The zero-order valence-electron chi connectivity index (χ0n) is 6.81. The van der Waals surface area contributed by atoms with E-state index in [0.717, 1.165) is 0 Å². The lowest BCUT2D eigenvalue weighted by atomic mass is 10.1. The van der Waals surface area contributed by atoms with Gasteiger partial charge in [-0.3, -0.25) is 9.78 Å². The van der Waals surface area contributed by atoms with Crippen molar-refractivity contribution in [2.24, 2.45) is 0 Å². The van der Waals surface area contributed by atoms with Crippen LogP contribution < -0.4 is 0 Å². The van der Waals surface area contributed by atoms with Crippen LogP contribution in [0.3, 0.4) is 0 Å². The number of pyridine rings is 1. The molecule has 0 aliphatic carbocycles. The van der Waals surface area contributed by atoms with E-state index in [1.807, 2.05) is 0 Å². The maximum atomic E-state index is 12.3. The summed E-state index contributed by atoms with van der Waals surface area (Å²) < 4.78 is 24.6. The molecule has 0 aromatic carbocycles. The van der Waals surface area contributed by atoms with Crippen molar-refractivity contribution >= 4 is 33.8 Å². The molecule has 0 fully saturated rings. The molecule has 0 amide bonds. The van der Waals surface area contributed by atoms with E-state index >= 15 is 0 Å². The Bertz CT molecular complexity index is 359. The fourth-order valence-corrected chi connectivity index (χ4v) is 1.68. The fraction of sp³-hybridized carbons (Fsp3) is 0.250. The van der Waals surface area contributed by atoms with E-state index in [-0.39, 0.29) is 10.6 Å². The molecule has 0 saturated heterocycles. The molecule has 0 aliphatic rings. The van der Waals surface area contributed by atoms with E-state index in [4.69, 9.17) is 11.6 Å². The number of rotatable bonds is 3. The van der Waals surface area contributed by atoms with E-state index in [1.54, 1.807) is 0 Å². The summed E-state index contributed by atoms with van der Waals surface area (Å²) in [5.74, 6) is 0. The number of hydrogen-bond acceptors (Lipinski definition) is 2. The first kappa shape index (κ1) is 11.5. The summed E-state index contributed by atoms with van der Waals surface area (Å²) in [6, 6.07) is 0. The highest BCUT2D eigenvalue weighted by atomic mass is 79.9. The van der Waals surface area contributed by atoms with Gasteiger partial charge >= 0.3 is 0 Å². The lowest BCUT2D eigenvalue weighted by molar-refractivity contribution is 0.112. The van der Waals surface area contributed by atoms with Gasteiger partial charge in [0, 0.05) is 17.1 Å². The average Bonchev–Trinajstić information content (AvgIpc) is 2.16. The number of aromatic nitrogens is 1.